The molecule has 1 aromatic carbocycles. The molecule has 0 bridgehead atoms. The van der Waals surface area contributed by atoms with E-state index in [9.17, 15) is 9.90 Å². The first-order valence-electron chi connectivity index (χ1n) is 10.7. The highest BCUT2D eigenvalue weighted by Gasteiger charge is 2.32. The van der Waals surface area contributed by atoms with Crippen LogP contribution in [0.2, 0.25) is 0 Å². The van der Waals surface area contributed by atoms with Crippen molar-refractivity contribution in [3.8, 4) is 0 Å². The van der Waals surface area contributed by atoms with Gasteiger partial charge in [0.2, 0.25) is 5.91 Å². The Labute approximate surface area is 189 Å². The Kier molecular flexibility index (Phi) is 5.10. The van der Waals surface area contributed by atoms with Crippen LogP contribution < -0.4 is 5.32 Å². The standard InChI is InChI=1S/C23H26N6O2S/c1-23(2,31)11-29(3)22(30)13-4-6-16-18(9-13)32-21-19(16)20(24-12-25-21)27-15-5-7-17-14(8-15)10-26-28-17/h5,7-8,10,12-13,31H,4,6,9,11H2,1-3H3,(H,26,28)(H,24,25,27)/t13-/m0/s1. The van der Waals surface area contributed by atoms with Gasteiger partial charge in [0.25, 0.3) is 0 Å². The van der Waals surface area contributed by atoms with E-state index in [1.54, 1.807) is 49.7 Å². The Morgan fingerprint density at radius 1 is 1.38 bits per heavy atom. The fourth-order valence-electron chi connectivity index (χ4n) is 4.54. The van der Waals surface area contributed by atoms with E-state index in [2.05, 4.69) is 25.5 Å². The van der Waals surface area contributed by atoms with Gasteiger partial charge >= 0.3 is 0 Å². The molecule has 0 fully saturated rings. The van der Waals surface area contributed by atoms with Crippen LogP contribution in [0.3, 0.4) is 0 Å². The van der Waals surface area contributed by atoms with Crippen LogP contribution in [0, 0.1) is 5.92 Å². The molecule has 0 radical (unpaired) electrons. The van der Waals surface area contributed by atoms with Gasteiger partial charge in [0, 0.05) is 35.5 Å². The van der Waals surface area contributed by atoms with Crippen LogP contribution in [0.25, 0.3) is 21.1 Å². The number of aryl methyl sites for hydroxylation is 1. The van der Waals surface area contributed by atoms with Gasteiger partial charge < -0.3 is 15.3 Å². The van der Waals surface area contributed by atoms with Crippen molar-refractivity contribution in [2.45, 2.75) is 38.7 Å². The largest absolute Gasteiger partial charge is 0.389 e. The molecule has 1 aliphatic carbocycles. The summed E-state index contributed by atoms with van der Waals surface area (Å²) in [5.41, 5.74) is 2.27. The number of aromatic amines is 1. The van der Waals surface area contributed by atoms with Crippen molar-refractivity contribution in [2.24, 2.45) is 5.92 Å². The maximum absolute atomic E-state index is 13.0. The zero-order chi connectivity index (χ0) is 22.5. The SMILES string of the molecule is CN(CC(C)(C)O)C(=O)[C@H]1CCc2c(sc3ncnc(Nc4ccc5[nH]ncc5c4)c23)C1. The molecule has 3 N–H and O–H groups in total. The van der Waals surface area contributed by atoms with E-state index in [0.717, 1.165) is 45.5 Å². The van der Waals surface area contributed by atoms with Gasteiger partial charge in [-0.15, -0.1) is 11.3 Å². The Hall–Kier alpha value is -3.04. The smallest absolute Gasteiger partial charge is 0.225 e. The maximum atomic E-state index is 13.0. The van der Waals surface area contributed by atoms with Crippen LogP contribution in [0.4, 0.5) is 11.5 Å². The van der Waals surface area contributed by atoms with Gasteiger partial charge in [-0.3, -0.25) is 9.89 Å². The van der Waals surface area contributed by atoms with E-state index in [4.69, 9.17) is 0 Å². The van der Waals surface area contributed by atoms with Crippen molar-refractivity contribution in [1.82, 2.24) is 25.1 Å². The highest BCUT2D eigenvalue weighted by Crippen LogP contribution is 2.40. The molecule has 1 amide bonds. The number of carbonyl (C=O) groups is 1. The number of carbonyl (C=O) groups excluding carboxylic acids is 1. The van der Waals surface area contributed by atoms with E-state index in [1.165, 1.54) is 10.4 Å². The molecule has 166 valence electrons. The molecular formula is C23H26N6O2S. The highest BCUT2D eigenvalue weighted by atomic mass is 32.1. The Balaban J connectivity index is 1.42. The van der Waals surface area contributed by atoms with Crippen LogP contribution in [0.5, 0.6) is 0 Å². The summed E-state index contributed by atoms with van der Waals surface area (Å²) in [7, 11) is 1.77. The molecule has 4 aromatic rings. The average Bonchev–Trinajstić information content (AvgIpc) is 3.35. The third-order valence-electron chi connectivity index (χ3n) is 5.90. The molecule has 0 spiro atoms. The van der Waals surface area contributed by atoms with E-state index in [-0.39, 0.29) is 11.8 Å². The normalized spacial score (nSPS) is 16.3. The predicted octanol–water partition coefficient (Wildman–Crippen LogP) is 3.65. The number of likely N-dealkylation sites (N-methyl/N-ethyl adjacent to an activating group) is 1. The first kappa shape index (κ1) is 20.8. The second-order valence-electron chi connectivity index (χ2n) is 9.15. The minimum absolute atomic E-state index is 0.0734. The number of H-pyrrole nitrogens is 1. The minimum Gasteiger partial charge on any atom is -0.389 e. The van der Waals surface area contributed by atoms with Crippen molar-refractivity contribution in [1.29, 1.82) is 0 Å². The van der Waals surface area contributed by atoms with Crippen molar-refractivity contribution >= 4 is 49.9 Å². The number of anilines is 2. The number of benzene rings is 1. The lowest BCUT2D eigenvalue weighted by atomic mass is 9.86. The molecule has 0 saturated heterocycles. The van der Waals surface area contributed by atoms with Gasteiger partial charge in [-0.2, -0.15) is 5.10 Å². The maximum Gasteiger partial charge on any atom is 0.225 e. The molecule has 1 aliphatic rings. The van der Waals surface area contributed by atoms with Crippen LogP contribution in [-0.4, -0.2) is 55.3 Å². The molecule has 32 heavy (non-hydrogen) atoms. The molecule has 3 aromatic heterocycles. The molecule has 8 nitrogen and oxygen atoms in total. The number of aliphatic hydroxyl groups is 1. The van der Waals surface area contributed by atoms with Gasteiger partial charge in [-0.05, 0) is 56.9 Å². The summed E-state index contributed by atoms with van der Waals surface area (Å²) >= 11 is 1.65. The number of hydrogen-bond donors (Lipinski definition) is 3. The summed E-state index contributed by atoms with van der Waals surface area (Å²) in [5.74, 6) is 0.808. The topological polar surface area (TPSA) is 107 Å². The van der Waals surface area contributed by atoms with Crippen molar-refractivity contribution in [3.63, 3.8) is 0 Å². The van der Waals surface area contributed by atoms with Crippen molar-refractivity contribution < 1.29 is 9.90 Å². The minimum atomic E-state index is -0.905. The Bertz CT molecular complexity index is 1310. The second kappa shape index (κ2) is 7.83. The lowest BCUT2D eigenvalue weighted by Crippen LogP contribution is -2.43. The molecule has 5 rings (SSSR count). The van der Waals surface area contributed by atoms with E-state index in [0.29, 0.717) is 13.0 Å². The number of thiophene rings is 1. The summed E-state index contributed by atoms with van der Waals surface area (Å²) in [6.45, 7) is 3.76. The quantitative estimate of drug-likeness (QED) is 0.429. The summed E-state index contributed by atoms with van der Waals surface area (Å²) < 4.78 is 0. The average molecular weight is 451 g/mol. The number of aromatic nitrogens is 4. The second-order valence-corrected chi connectivity index (χ2v) is 10.2. The van der Waals surface area contributed by atoms with Crippen LogP contribution in [0.15, 0.2) is 30.7 Å². The summed E-state index contributed by atoms with van der Waals surface area (Å²) in [6.07, 6.45) is 5.68. The number of fused-ring (bicyclic) bond motifs is 4. The summed E-state index contributed by atoms with van der Waals surface area (Å²) in [4.78, 5) is 25.8. The van der Waals surface area contributed by atoms with E-state index in [1.807, 2.05) is 18.2 Å². The predicted molar refractivity (Wildman–Crippen MR) is 126 cm³/mol. The van der Waals surface area contributed by atoms with E-state index >= 15 is 0 Å². The molecule has 0 saturated carbocycles. The molecular weight excluding hydrogens is 424 g/mol. The van der Waals surface area contributed by atoms with Gasteiger partial charge in [-0.1, -0.05) is 0 Å². The van der Waals surface area contributed by atoms with Crippen molar-refractivity contribution in [2.75, 3.05) is 18.9 Å². The highest BCUT2D eigenvalue weighted by molar-refractivity contribution is 7.19. The van der Waals surface area contributed by atoms with Gasteiger partial charge in [0.05, 0.1) is 22.7 Å². The first-order chi connectivity index (χ1) is 15.3. The zero-order valence-electron chi connectivity index (χ0n) is 18.3. The third-order valence-corrected chi connectivity index (χ3v) is 7.06. The lowest BCUT2D eigenvalue weighted by molar-refractivity contribution is -0.137. The van der Waals surface area contributed by atoms with Gasteiger partial charge in [0.1, 0.15) is 17.0 Å². The fraction of sp³-hybridized carbons (Fsp3) is 0.391. The number of nitrogens with zero attached hydrogens (tertiary/aromatic N) is 4. The summed E-state index contributed by atoms with van der Waals surface area (Å²) in [5, 5.41) is 22.6. The number of hydrogen-bond acceptors (Lipinski definition) is 7. The molecule has 0 unspecified atom stereocenters. The molecule has 9 heteroatoms. The fourth-order valence-corrected chi connectivity index (χ4v) is 5.81. The summed E-state index contributed by atoms with van der Waals surface area (Å²) in [6, 6.07) is 6.03. The monoisotopic (exact) mass is 450 g/mol. The van der Waals surface area contributed by atoms with Gasteiger partial charge in [-0.25, -0.2) is 9.97 Å². The number of rotatable bonds is 5. The number of amides is 1. The lowest BCUT2D eigenvalue weighted by Gasteiger charge is -2.30. The first-order valence-corrected chi connectivity index (χ1v) is 11.5. The molecule has 1 atom stereocenters. The molecule has 3 heterocycles. The van der Waals surface area contributed by atoms with Crippen molar-refractivity contribution in [3.05, 3.63) is 41.2 Å². The van der Waals surface area contributed by atoms with E-state index < -0.39 is 5.60 Å². The Morgan fingerprint density at radius 2 is 2.22 bits per heavy atom. The third kappa shape index (κ3) is 3.93. The number of nitrogens with one attached hydrogen (secondary N) is 2. The zero-order valence-corrected chi connectivity index (χ0v) is 19.2. The molecule has 0 aliphatic heterocycles. The van der Waals surface area contributed by atoms with Crippen LogP contribution >= 0.6 is 11.3 Å². The van der Waals surface area contributed by atoms with Gasteiger partial charge in [0.15, 0.2) is 0 Å². The van der Waals surface area contributed by atoms with Crippen LogP contribution in [-0.2, 0) is 17.6 Å². The van der Waals surface area contributed by atoms with Crippen LogP contribution in [0.1, 0.15) is 30.7 Å². The Morgan fingerprint density at radius 3 is 3.03 bits per heavy atom.